The summed E-state index contributed by atoms with van der Waals surface area (Å²) in [4.78, 5) is 0. The molecule has 0 saturated heterocycles. The van der Waals surface area contributed by atoms with Gasteiger partial charge in [0.1, 0.15) is 0 Å². The molecule has 0 heteroatoms. The molecule has 2 atom stereocenters. The van der Waals surface area contributed by atoms with E-state index >= 15 is 0 Å². The lowest BCUT2D eigenvalue weighted by Gasteiger charge is -2.17. The maximum Gasteiger partial charge on any atom is 0.0352 e. The summed E-state index contributed by atoms with van der Waals surface area (Å²) in [6.45, 7) is 0. The first-order valence-corrected chi connectivity index (χ1v) is 19.5. The van der Waals surface area contributed by atoms with E-state index in [-0.39, 0.29) is 11.8 Å². The second-order valence-corrected chi connectivity index (χ2v) is 15.6. The van der Waals surface area contributed by atoms with Crippen molar-refractivity contribution in [1.29, 1.82) is 0 Å². The molecule has 0 saturated carbocycles. The molecule has 55 heavy (non-hydrogen) atoms. The molecule has 2 unspecified atom stereocenters. The van der Waals surface area contributed by atoms with E-state index in [1.165, 1.54) is 111 Å². The zero-order chi connectivity index (χ0) is 36.0. The van der Waals surface area contributed by atoms with Crippen molar-refractivity contribution in [3.63, 3.8) is 0 Å². The Morgan fingerprint density at radius 2 is 0.800 bits per heavy atom. The molecular formula is C55H36. The second-order valence-electron chi connectivity index (χ2n) is 15.6. The molecule has 3 aliphatic carbocycles. The molecule has 0 fully saturated rings. The number of benzene rings is 9. The molecular weight excluding hydrogens is 661 g/mol. The van der Waals surface area contributed by atoms with Crippen LogP contribution in [0.5, 0.6) is 0 Å². The van der Waals surface area contributed by atoms with Crippen LogP contribution in [0.1, 0.15) is 56.3 Å². The Morgan fingerprint density at radius 3 is 1.64 bits per heavy atom. The third kappa shape index (κ3) is 4.71. The Morgan fingerprint density at radius 1 is 0.273 bits per heavy atom. The first-order valence-electron chi connectivity index (χ1n) is 19.5. The van der Waals surface area contributed by atoms with E-state index in [0.717, 1.165) is 6.42 Å². The van der Waals surface area contributed by atoms with Gasteiger partial charge in [-0.3, -0.25) is 0 Å². The highest BCUT2D eigenvalue weighted by Gasteiger charge is 2.32. The molecule has 0 spiro atoms. The van der Waals surface area contributed by atoms with Gasteiger partial charge in [-0.15, -0.1) is 0 Å². The van der Waals surface area contributed by atoms with Gasteiger partial charge in [0.25, 0.3) is 0 Å². The zero-order valence-electron chi connectivity index (χ0n) is 30.3. The number of hydrogen-bond acceptors (Lipinski definition) is 0. The zero-order valence-corrected chi connectivity index (χ0v) is 30.3. The van der Waals surface area contributed by atoms with Crippen LogP contribution in [0.25, 0.3) is 66.4 Å². The maximum absolute atomic E-state index is 2.47. The summed E-state index contributed by atoms with van der Waals surface area (Å²) in [7, 11) is 0. The summed E-state index contributed by atoms with van der Waals surface area (Å²) in [5.74, 6) is 0.430. The van der Waals surface area contributed by atoms with Gasteiger partial charge in [0, 0.05) is 11.8 Å². The van der Waals surface area contributed by atoms with Crippen molar-refractivity contribution in [2.24, 2.45) is 0 Å². The third-order valence-electron chi connectivity index (χ3n) is 12.6. The summed E-state index contributed by atoms with van der Waals surface area (Å²) in [5, 5.41) is 2.55. The Balaban J connectivity index is 0.925. The number of rotatable bonds is 4. The van der Waals surface area contributed by atoms with Crippen molar-refractivity contribution < 1.29 is 0 Å². The van der Waals surface area contributed by atoms with E-state index < -0.39 is 0 Å². The van der Waals surface area contributed by atoms with Gasteiger partial charge in [0.2, 0.25) is 0 Å². The maximum atomic E-state index is 2.47. The van der Waals surface area contributed by atoms with Crippen molar-refractivity contribution in [3.05, 3.63) is 239 Å². The number of fused-ring (bicyclic) bond motifs is 10. The molecule has 0 N–H and O–H groups in total. The SMILES string of the molecule is c1ccc(C2c3ccccc3-c3cc(-c4ccc5c(c4)C(c4ccc6cc(-c7ccc8c(c7)-c7ccccc7C8)ccc6c4)c4ccccc4-5)ccc32)cc1. The Hall–Kier alpha value is -6.76. The van der Waals surface area contributed by atoms with E-state index in [1.54, 1.807) is 0 Å². The molecule has 0 bridgehead atoms. The summed E-state index contributed by atoms with van der Waals surface area (Å²) in [5.41, 5.74) is 24.3. The van der Waals surface area contributed by atoms with Crippen LogP contribution in [0.2, 0.25) is 0 Å². The minimum absolute atomic E-state index is 0.171. The van der Waals surface area contributed by atoms with E-state index in [2.05, 4.69) is 194 Å². The smallest absolute Gasteiger partial charge is 0.0352 e. The average molecular weight is 697 g/mol. The monoisotopic (exact) mass is 696 g/mol. The van der Waals surface area contributed by atoms with Crippen LogP contribution in [0, 0.1) is 0 Å². The summed E-state index contributed by atoms with van der Waals surface area (Å²) >= 11 is 0. The number of hydrogen-bond donors (Lipinski definition) is 0. The first-order chi connectivity index (χ1) is 27.2. The van der Waals surface area contributed by atoms with Crippen molar-refractivity contribution in [2.45, 2.75) is 18.3 Å². The first kappa shape index (κ1) is 30.7. The molecule has 0 heterocycles. The standard InChI is InChI=1S/C55H36/c1-2-10-34(11-3-1)54-49-17-9-7-15-46(49)52-32-39(25-27-50(52)54)40-24-26-47-45-14-6-8-16-48(45)55(53(47)33-40)43-23-21-35-28-36(18-19-37(35)29-43)38-20-22-42-30-41-12-4-5-13-44(41)51(42)31-38/h1-29,31-33,54-55H,30H2. The second kappa shape index (κ2) is 11.9. The highest BCUT2D eigenvalue weighted by atomic mass is 14.3. The van der Waals surface area contributed by atoms with Crippen molar-refractivity contribution in [1.82, 2.24) is 0 Å². The molecule has 3 aliphatic rings. The van der Waals surface area contributed by atoms with Gasteiger partial charge in [-0.25, -0.2) is 0 Å². The molecule has 0 amide bonds. The predicted octanol–water partition coefficient (Wildman–Crippen LogP) is 14.1. The molecule has 0 radical (unpaired) electrons. The van der Waals surface area contributed by atoms with Gasteiger partial charge in [-0.05, 0) is 142 Å². The minimum Gasteiger partial charge on any atom is -0.0622 e. The molecule has 0 aliphatic heterocycles. The normalized spacial score (nSPS) is 15.6. The molecule has 256 valence electrons. The van der Waals surface area contributed by atoms with E-state index in [9.17, 15) is 0 Å². The topological polar surface area (TPSA) is 0 Å². The van der Waals surface area contributed by atoms with Crippen LogP contribution >= 0.6 is 0 Å². The fraction of sp³-hybridized carbons (Fsp3) is 0.0545. The van der Waals surface area contributed by atoms with Gasteiger partial charge in [-0.2, -0.15) is 0 Å². The molecule has 0 aromatic heterocycles. The van der Waals surface area contributed by atoms with Crippen LogP contribution in [0.4, 0.5) is 0 Å². The quantitative estimate of drug-likeness (QED) is 0.172. The fourth-order valence-corrected chi connectivity index (χ4v) is 10.1. The predicted molar refractivity (Wildman–Crippen MR) is 229 cm³/mol. The molecule has 12 rings (SSSR count). The van der Waals surface area contributed by atoms with Crippen molar-refractivity contribution in [2.75, 3.05) is 0 Å². The van der Waals surface area contributed by atoms with Gasteiger partial charge >= 0.3 is 0 Å². The van der Waals surface area contributed by atoms with Crippen molar-refractivity contribution >= 4 is 10.8 Å². The van der Waals surface area contributed by atoms with E-state index in [1.807, 2.05) is 0 Å². The average Bonchev–Trinajstić information content (AvgIpc) is 3.90. The molecule has 9 aromatic rings. The third-order valence-corrected chi connectivity index (χ3v) is 12.6. The highest BCUT2D eigenvalue weighted by molar-refractivity contribution is 5.92. The summed E-state index contributed by atoms with van der Waals surface area (Å²) < 4.78 is 0. The van der Waals surface area contributed by atoms with Crippen LogP contribution in [-0.4, -0.2) is 0 Å². The van der Waals surface area contributed by atoms with Gasteiger partial charge < -0.3 is 0 Å². The van der Waals surface area contributed by atoms with Crippen LogP contribution in [0.3, 0.4) is 0 Å². The van der Waals surface area contributed by atoms with Gasteiger partial charge in [0.15, 0.2) is 0 Å². The van der Waals surface area contributed by atoms with Gasteiger partial charge in [-0.1, -0.05) is 170 Å². The molecule has 0 nitrogen and oxygen atoms in total. The Labute approximate surface area is 322 Å². The fourth-order valence-electron chi connectivity index (χ4n) is 10.1. The van der Waals surface area contributed by atoms with Gasteiger partial charge in [0.05, 0.1) is 0 Å². The highest BCUT2D eigenvalue weighted by Crippen LogP contribution is 2.52. The van der Waals surface area contributed by atoms with Crippen LogP contribution in [0.15, 0.2) is 194 Å². The molecule has 9 aromatic carbocycles. The summed E-state index contributed by atoms with van der Waals surface area (Å²) in [6, 6.07) is 73.2. The van der Waals surface area contributed by atoms with Crippen LogP contribution in [-0.2, 0) is 6.42 Å². The minimum atomic E-state index is 0.171. The van der Waals surface area contributed by atoms with Crippen molar-refractivity contribution in [3.8, 4) is 55.6 Å². The lowest BCUT2D eigenvalue weighted by molar-refractivity contribution is 1.01. The lowest BCUT2D eigenvalue weighted by Crippen LogP contribution is -2.00. The van der Waals surface area contributed by atoms with E-state index in [4.69, 9.17) is 0 Å². The van der Waals surface area contributed by atoms with Crippen LogP contribution < -0.4 is 0 Å². The Bertz CT molecular complexity index is 3020. The van der Waals surface area contributed by atoms with E-state index in [0.29, 0.717) is 0 Å². The lowest BCUT2D eigenvalue weighted by atomic mass is 9.86. The largest absolute Gasteiger partial charge is 0.0622 e. The summed E-state index contributed by atoms with van der Waals surface area (Å²) in [6.07, 6.45) is 1.03. The Kier molecular flexibility index (Phi) is 6.62.